The molecule has 1 saturated carbocycles. The normalized spacial score (nSPS) is 24.4. The zero-order chi connectivity index (χ0) is 12.1. The van der Waals surface area contributed by atoms with Gasteiger partial charge in [0.05, 0.1) is 12.4 Å². The van der Waals surface area contributed by atoms with Crippen molar-refractivity contribution in [1.29, 1.82) is 0 Å². The molecule has 2 rings (SSSR count). The standard InChI is InChI=1S/C13H22N4/c1-3-15-12-8-14-9-13(17-12)16-11-6-4-5-10(2)7-11/h8-11H,3-7H2,1-2H3,(H2,15,16,17). The second kappa shape index (κ2) is 5.84. The van der Waals surface area contributed by atoms with Gasteiger partial charge in [0.25, 0.3) is 0 Å². The summed E-state index contributed by atoms with van der Waals surface area (Å²) in [4.78, 5) is 8.70. The molecule has 1 heterocycles. The lowest BCUT2D eigenvalue weighted by Crippen LogP contribution is -2.26. The monoisotopic (exact) mass is 234 g/mol. The fraction of sp³-hybridized carbons (Fsp3) is 0.692. The first kappa shape index (κ1) is 12.1. The summed E-state index contributed by atoms with van der Waals surface area (Å²) >= 11 is 0. The summed E-state index contributed by atoms with van der Waals surface area (Å²) in [7, 11) is 0. The minimum atomic E-state index is 0.560. The molecule has 1 aromatic heterocycles. The molecule has 1 aliphatic carbocycles. The molecular weight excluding hydrogens is 212 g/mol. The van der Waals surface area contributed by atoms with Crippen molar-refractivity contribution >= 4 is 11.6 Å². The molecule has 1 aliphatic rings. The van der Waals surface area contributed by atoms with E-state index >= 15 is 0 Å². The van der Waals surface area contributed by atoms with E-state index in [2.05, 4.69) is 34.4 Å². The first-order valence-corrected chi connectivity index (χ1v) is 6.60. The van der Waals surface area contributed by atoms with Gasteiger partial charge in [-0.15, -0.1) is 0 Å². The Bertz CT molecular complexity index is 353. The quantitative estimate of drug-likeness (QED) is 0.841. The fourth-order valence-corrected chi connectivity index (χ4v) is 2.48. The van der Waals surface area contributed by atoms with Gasteiger partial charge in [-0.25, -0.2) is 4.98 Å². The molecule has 2 unspecified atom stereocenters. The van der Waals surface area contributed by atoms with Crippen molar-refractivity contribution in [2.24, 2.45) is 5.92 Å². The SMILES string of the molecule is CCNc1cncc(NC2CCCC(C)C2)n1. The van der Waals surface area contributed by atoms with Gasteiger partial charge in [0.2, 0.25) is 0 Å². The molecule has 0 amide bonds. The number of nitrogens with one attached hydrogen (secondary N) is 2. The first-order valence-electron chi connectivity index (χ1n) is 6.60. The van der Waals surface area contributed by atoms with Crippen LogP contribution in [0.5, 0.6) is 0 Å². The number of hydrogen-bond donors (Lipinski definition) is 2. The van der Waals surface area contributed by atoms with Crippen molar-refractivity contribution in [3.8, 4) is 0 Å². The summed E-state index contributed by atoms with van der Waals surface area (Å²) in [5.74, 6) is 2.56. The minimum absolute atomic E-state index is 0.560. The van der Waals surface area contributed by atoms with Crippen molar-refractivity contribution in [1.82, 2.24) is 9.97 Å². The van der Waals surface area contributed by atoms with E-state index in [4.69, 9.17) is 0 Å². The second-order valence-corrected chi connectivity index (χ2v) is 4.93. The highest BCUT2D eigenvalue weighted by molar-refractivity contribution is 5.42. The largest absolute Gasteiger partial charge is 0.369 e. The molecule has 94 valence electrons. The second-order valence-electron chi connectivity index (χ2n) is 4.93. The fourth-order valence-electron chi connectivity index (χ4n) is 2.48. The number of hydrogen-bond acceptors (Lipinski definition) is 4. The minimum Gasteiger partial charge on any atom is -0.369 e. The van der Waals surface area contributed by atoms with E-state index in [0.717, 1.165) is 24.1 Å². The Morgan fingerprint density at radius 2 is 2.12 bits per heavy atom. The van der Waals surface area contributed by atoms with Crippen molar-refractivity contribution in [2.45, 2.75) is 45.6 Å². The highest BCUT2D eigenvalue weighted by atomic mass is 15.1. The van der Waals surface area contributed by atoms with Crippen LogP contribution < -0.4 is 10.6 Å². The van der Waals surface area contributed by atoms with E-state index in [1.807, 2.05) is 0 Å². The lowest BCUT2D eigenvalue weighted by Gasteiger charge is -2.27. The van der Waals surface area contributed by atoms with E-state index in [1.54, 1.807) is 12.4 Å². The number of nitrogens with zero attached hydrogens (tertiary/aromatic N) is 2. The van der Waals surface area contributed by atoms with Crippen LogP contribution in [-0.4, -0.2) is 22.6 Å². The van der Waals surface area contributed by atoms with Crippen LogP contribution >= 0.6 is 0 Å². The van der Waals surface area contributed by atoms with Gasteiger partial charge in [0.1, 0.15) is 11.6 Å². The molecule has 2 N–H and O–H groups in total. The molecule has 0 radical (unpaired) electrons. The summed E-state index contributed by atoms with van der Waals surface area (Å²) in [6.07, 6.45) is 8.74. The molecule has 4 nitrogen and oxygen atoms in total. The Labute approximate surface area is 103 Å². The van der Waals surface area contributed by atoms with Crippen LogP contribution in [0.25, 0.3) is 0 Å². The first-order chi connectivity index (χ1) is 8.28. The van der Waals surface area contributed by atoms with E-state index in [-0.39, 0.29) is 0 Å². The van der Waals surface area contributed by atoms with E-state index in [9.17, 15) is 0 Å². The van der Waals surface area contributed by atoms with Gasteiger partial charge < -0.3 is 10.6 Å². The van der Waals surface area contributed by atoms with Crippen molar-refractivity contribution in [3.63, 3.8) is 0 Å². The van der Waals surface area contributed by atoms with E-state index in [0.29, 0.717) is 6.04 Å². The molecule has 0 aromatic carbocycles. The Balaban J connectivity index is 1.95. The Hall–Kier alpha value is -1.32. The van der Waals surface area contributed by atoms with E-state index in [1.165, 1.54) is 25.7 Å². The van der Waals surface area contributed by atoms with Crippen LogP contribution in [0.2, 0.25) is 0 Å². The van der Waals surface area contributed by atoms with Gasteiger partial charge in [-0.05, 0) is 25.7 Å². The average Bonchev–Trinajstić information content (AvgIpc) is 2.30. The lowest BCUT2D eigenvalue weighted by molar-refractivity contribution is 0.358. The van der Waals surface area contributed by atoms with Gasteiger partial charge in [-0.1, -0.05) is 19.8 Å². The molecule has 0 saturated heterocycles. The number of aromatic nitrogens is 2. The van der Waals surface area contributed by atoms with Crippen molar-refractivity contribution in [3.05, 3.63) is 12.4 Å². The molecule has 0 bridgehead atoms. The third-order valence-corrected chi connectivity index (χ3v) is 3.28. The molecule has 1 fully saturated rings. The average molecular weight is 234 g/mol. The molecule has 2 atom stereocenters. The van der Waals surface area contributed by atoms with E-state index < -0.39 is 0 Å². The van der Waals surface area contributed by atoms with Crippen LogP contribution in [0.15, 0.2) is 12.4 Å². The van der Waals surface area contributed by atoms with Gasteiger partial charge in [-0.2, -0.15) is 0 Å². The summed E-state index contributed by atoms with van der Waals surface area (Å²) in [5.41, 5.74) is 0. The number of rotatable bonds is 4. The zero-order valence-electron chi connectivity index (χ0n) is 10.7. The summed E-state index contributed by atoms with van der Waals surface area (Å²) < 4.78 is 0. The van der Waals surface area contributed by atoms with Gasteiger partial charge >= 0.3 is 0 Å². The van der Waals surface area contributed by atoms with Gasteiger partial charge in [0, 0.05) is 12.6 Å². The smallest absolute Gasteiger partial charge is 0.147 e. The lowest BCUT2D eigenvalue weighted by atomic mass is 9.87. The third-order valence-electron chi connectivity index (χ3n) is 3.28. The third kappa shape index (κ3) is 3.58. The summed E-state index contributed by atoms with van der Waals surface area (Å²) in [6, 6.07) is 0.560. The molecular formula is C13H22N4. The van der Waals surface area contributed by atoms with Gasteiger partial charge in [0.15, 0.2) is 0 Å². The molecule has 0 spiro atoms. The van der Waals surface area contributed by atoms with Crippen LogP contribution in [0.4, 0.5) is 11.6 Å². The zero-order valence-corrected chi connectivity index (χ0v) is 10.7. The molecule has 4 heteroatoms. The van der Waals surface area contributed by atoms with Crippen molar-refractivity contribution < 1.29 is 0 Å². The Morgan fingerprint density at radius 3 is 2.88 bits per heavy atom. The molecule has 1 aromatic rings. The number of anilines is 2. The van der Waals surface area contributed by atoms with Gasteiger partial charge in [-0.3, -0.25) is 4.98 Å². The maximum Gasteiger partial charge on any atom is 0.147 e. The van der Waals surface area contributed by atoms with Crippen LogP contribution in [0, 0.1) is 5.92 Å². The highest BCUT2D eigenvalue weighted by Gasteiger charge is 2.18. The van der Waals surface area contributed by atoms with Crippen LogP contribution in [0.1, 0.15) is 39.5 Å². The Kier molecular flexibility index (Phi) is 4.18. The molecule has 17 heavy (non-hydrogen) atoms. The molecule has 0 aliphatic heterocycles. The summed E-state index contributed by atoms with van der Waals surface area (Å²) in [5, 5.41) is 6.68. The Morgan fingerprint density at radius 1 is 1.29 bits per heavy atom. The predicted molar refractivity (Wildman–Crippen MR) is 71.2 cm³/mol. The maximum atomic E-state index is 4.50. The van der Waals surface area contributed by atoms with Crippen LogP contribution in [0.3, 0.4) is 0 Å². The topological polar surface area (TPSA) is 49.8 Å². The van der Waals surface area contributed by atoms with Crippen molar-refractivity contribution in [2.75, 3.05) is 17.2 Å². The maximum absolute atomic E-state index is 4.50. The predicted octanol–water partition coefficient (Wildman–Crippen LogP) is 2.90. The summed E-state index contributed by atoms with van der Waals surface area (Å²) in [6.45, 7) is 5.26. The van der Waals surface area contributed by atoms with Crippen LogP contribution in [-0.2, 0) is 0 Å². The highest BCUT2D eigenvalue weighted by Crippen LogP contribution is 2.25.